The Labute approximate surface area is 178 Å². The van der Waals surface area contributed by atoms with Gasteiger partial charge in [0.25, 0.3) is 5.91 Å². The van der Waals surface area contributed by atoms with Crippen molar-refractivity contribution in [2.45, 2.75) is 26.9 Å². The molecular weight excluding hydrogens is 398 g/mol. The Hall–Kier alpha value is -3.23. The Balaban J connectivity index is 1.67. The first-order valence-electron chi connectivity index (χ1n) is 9.73. The van der Waals surface area contributed by atoms with Crippen LogP contribution in [0.2, 0.25) is 0 Å². The van der Waals surface area contributed by atoms with E-state index in [2.05, 4.69) is 38.8 Å². The number of carbonyl (C=O) groups excluding carboxylic acids is 1. The highest BCUT2D eigenvalue weighted by Gasteiger charge is 2.17. The van der Waals surface area contributed by atoms with Gasteiger partial charge in [-0.2, -0.15) is 0 Å². The fourth-order valence-corrected chi connectivity index (χ4v) is 4.23. The minimum atomic E-state index is -0.113. The van der Waals surface area contributed by atoms with Crippen molar-refractivity contribution in [1.82, 2.24) is 20.6 Å². The average Bonchev–Trinajstić information content (AvgIpc) is 3.38. The number of fused-ring (bicyclic) bond motifs is 1. The number of nitrogens with zero attached hydrogens (tertiary/aromatic N) is 2. The number of nitrogens with two attached hydrogens (primary N) is 1. The minimum absolute atomic E-state index is 0.113. The van der Waals surface area contributed by atoms with Crippen molar-refractivity contribution in [1.29, 1.82) is 0 Å². The lowest BCUT2D eigenvalue weighted by atomic mass is 10.00. The number of nitrogens with one attached hydrogen (secondary N) is 2. The number of anilines is 1. The molecule has 3 aromatic heterocycles. The highest BCUT2D eigenvalue weighted by Crippen LogP contribution is 2.34. The third kappa shape index (κ3) is 4.19. The van der Waals surface area contributed by atoms with Gasteiger partial charge in [-0.1, -0.05) is 12.1 Å². The van der Waals surface area contributed by atoms with E-state index in [1.165, 1.54) is 11.3 Å². The summed E-state index contributed by atoms with van der Waals surface area (Å²) in [5.74, 6) is 0.976. The van der Waals surface area contributed by atoms with E-state index in [1.54, 1.807) is 6.26 Å². The van der Waals surface area contributed by atoms with Crippen LogP contribution in [0.3, 0.4) is 0 Å². The molecule has 0 unspecified atom stereocenters. The van der Waals surface area contributed by atoms with Gasteiger partial charge in [0, 0.05) is 24.0 Å². The van der Waals surface area contributed by atoms with Crippen molar-refractivity contribution < 1.29 is 9.21 Å². The molecule has 0 spiro atoms. The zero-order chi connectivity index (χ0) is 21.1. The van der Waals surface area contributed by atoms with Crippen molar-refractivity contribution in [2.75, 3.05) is 12.3 Å². The fourth-order valence-electron chi connectivity index (χ4n) is 3.28. The molecule has 8 heteroatoms. The van der Waals surface area contributed by atoms with Crippen LogP contribution in [0, 0.1) is 6.92 Å². The van der Waals surface area contributed by atoms with E-state index < -0.39 is 0 Å². The van der Waals surface area contributed by atoms with Gasteiger partial charge in [0.1, 0.15) is 10.6 Å². The van der Waals surface area contributed by atoms with Crippen molar-refractivity contribution >= 4 is 33.4 Å². The number of carbonyl (C=O) groups is 1. The van der Waals surface area contributed by atoms with Crippen molar-refractivity contribution in [3.63, 3.8) is 0 Å². The van der Waals surface area contributed by atoms with E-state index in [0.29, 0.717) is 29.3 Å². The van der Waals surface area contributed by atoms with Gasteiger partial charge in [0.15, 0.2) is 0 Å². The molecule has 0 bridgehead atoms. The van der Waals surface area contributed by atoms with Crippen molar-refractivity contribution in [3.8, 4) is 11.3 Å². The zero-order valence-corrected chi connectivity index (χ0v) is 17.7. The third-order valence-electron chi connectivity index (χ3n) is 4.74. The van der Waals surface area contributed by atoms with Gasteiger partial charge in [0.2, 0.25) is 5.95 Å². The SMILES string of the molecule is CCNC(=O)c1cc2c(-c3cc(CNCc4ccco4)ccc3C)nc(N)nc2s1. The summed E-state index contributed by atoms with van der Waals surface area (Å²) in [4.78, 5) is 22.5. The highest BCUT2D eigenvalue weighted by molar-refractivity contribution is 7.20. The first kappa shape index (κ1) is 20.1. The van der Waals surface area contributed by atoms with Crippen LogP contribution in [0.25, 0.3) is 21.5 Å². The summed E-state index contributed by atoms with van der Waals surface area (Å²) in [5, 5.41) is 7.04. The topological polar surface area (TPSA) is 106 Å². The maximum Gasteiger partial charge on any atom is 0.261 e. The van der Waals surface area contributed by atoms with Crippen molar-refractivity contribution in [2.24, 2.45) is 0 Å². The molecule has 0 radical (unpaired) electrons. The summed E-state index contributed by atoms with van der Waals surface area (Å²) >= 11 is 1.32. The Morgan fingerprint density at radius 2 is 2.07 bits per heavy atom. The number of aryl methyl sites for hydroxylation is 1. The Morgan fingerprint density at radius 1 is 1.20 bits per heavy atom. The van der Waals surface area contributed by atoms with Crippen LogP contribution in [-0.2, 0) is 13.1 Å². The maximum atomic E-state index is 12.3. The number of amides is 1. The van der Waals surface area contributed by atoms with Gasteiger partial charge >= 0.3 is 0 Å². The van der Waals surface area contributed by atoms with Crippen LogP contribution < -0.4 is 16.4 Å². The number of thiophene rings is 1. The highest BCUT2D eigenvalue weighted by atomic mass is 32.1. The third-order valence-corrected chi connectivity index (χ3v) is 5.76. The second-order valence-electron chi connectivity index (χ2n) is 6.95. The van der Waals surface area contributed by atoms with Crippen molar-refractivity contribution in [3.05, 3.63) is 64.4 Å². The molecule has 1 amide bonds. The molecule has 3 heterocycles. The smallest absolute Gasteiger partial charge is 0.261 e. The molecule has 0 atom stereocenters. The van der Waals surface area contributed by atoms with Gasteiger partial charge in [-0.25, -0.2) is 9.97 Å². The van der Waals surface area contributed by atoms with Gasteiger partial charge in [-0.15, -0.1) is 11.3 Å². The van der Waals surface area contributed by atoms with E-state index in [9.17, 15) is 4.79 Å². The molecule has 4 N–H and O–H groups in total. The summed E-state index contributed by atoms with van der Waals surface area (Å²) in [7, 11) is 0. The Kier molecular flexibility index (Phi) is 5.78. The molecule has 0 saturated heterocycles. The zero-order valence-electron chi connectivity index (χ0n) is 16.9. The molecule has 4 aromatic rings. The fraction of sp³-hybridized carbons (Fsp3) is 0.227. The lowest BCUT2D eigenvalue weighted by Crippen LogP contribution is -2.21. The number of benzene rings is 1. The molecule has 0 fully saturated rings. The van der Waals surface area contributed by atoms with E-state index in [0.717, 1.165) is 33.5 Å². The molecule has 0 aliphatic heterocycles. The summed E-state index contributed by atoms with van der Waals surface area (Å²) in [6.45, 7) is 5.84. The normalized spacial score (nSPS) is 11.1. The number of furan rings is 1. The molecule has 4 rings (SSSR count). The monoisotopic (exact) mass is 421 g/mol. The molecular formula is C22H23N5O2S. The molecule has 0 aliphatic carbocycles. The quantitative estimate of drug-likeness (QED) is 0.418. The van der Waals surface area contributed by atoms with Crippen LogP contribution in [-0.4, -0.2) is 22.4 Å². The summed E-state index contributed by atoms with van der Waals surface area (Å²) in [6.07, 6.45) is 1.67. The molecule has 0 saturated carbocycles. The number of aromatic nitrogens is 2. The van der Waals surface area contributed by atoms with Crippen LogP contribution in [0.15, 0.2) is 47.1 Å². The Morgan fingerprint density at radius 3 is 2.83 bits per heavy atom. The first-order valence-corrected chi connectivity index (χ1v) is 10.5. The lowest BCUT2D eigenvalue weighted by Gasteiger charge is -2.11. The van der Waals surface area contributed by atoms with Crippen LogP contribution in [0.1, 0.15) is 33.5 Å². The largest absolute Gasteiger partial charge is 0.468 e. The molecule has 154 valence electrons. The molecule has 30 heavy (non-hydrogen) atoms. The predicted octanol–water partition coefficient (Wildman–Crippen LogP) is 3.88. The van der Waals surface area contributed by atoms with E-state index >= 15 is 0 Å². The minimum Gasteiger partial charge on any atom is -0.468 e. The van der Waals surface area contributed by atoms with E-state index in [-0.39, 0.29) is 11.9 Å². The van der Waals surface area contributed by atoms with Crippen LogP contribution >= 0.6 is 11.3 Å². The first-order chi connectivity index (χ1) is 14.5. The number of hydrogen-bond acceptors (Lipinski definition) is 7. The lowest BCUT2D eigenvalue weighted by molar-refractivity contribution is 0.0960. The standard InChI is InChI=1S/C22H23N5O2S/c1-3-25-20(28)18-10-17-19(26-22(23)27-21(17)30-18)16-9-14(7-6-13(16)2)11-24-12-15-5-4-8-29-15/h4-10,24H,3,11-12H2,1-2H3,(H,25,28)(H2,23,26,27). The maximum absolute atomic E-state index is 12.3. The van der Waals surface area contributed by atoms with Gasteiger partial charge in [0.05, 0.1) is 23.4 Å². The van der Waals surface area contributed by atoms with Crippen LogP contribution in [0.5, 0.6) is 0 Å². The molecule has 7 nitrogen and oxygen atoms in total. The van der Waals surface area contributed by atoms with Gasteiger partial charge in [-0.3, -0.25) is 4.79 Å². The summed E-state index contributed by atoms with van der Waals surface area (Å²) in [6, 6.07) is 11.9. The van der Waals surface area contributed by atoms with Crippen LogP contribution in [0.4, 0.5) is 5.95 Å². The molecule has 1 aromatic carbocycles. The average molecular weight is 422 g/mol. The second kappa shape index (κ2) is 8.64. The number of hydrogen-bond donors (Lipinski definition) is 3. The van der Waals surface area contributed by atoms with E-state index in [1.807, 2.05) is 32.0 Å². The number of nitrogen functional groups attached to an aromatic ring is 1. The summed E-state index contributed by atoms with van der Waals surface area (Å²) < 4.78 is 5.36. The van der Waals surface area contributed by atoms with Gasteiger partial charge < -0.3 is 20.8 Å². The van der Waals surface area contributed by atoms with E-state index in [4.69, 9.17) is 10.2 Å². The molecule has 0 aliphatic rings. The summed E-state index contributed by atoms with van der Waals surface area (Å²) in [5.41, 5.74) is 9.91. The Bertz CT molecular complexity index is 1180. The number of rotatable bonds is 7. The predicted molar refractivity (Wildman–Crippen MR) is 119 cm³/mol. The van der Waals surface area contributed by atoms with Gasteiger partial charge in [-0.05, 0) is 49.2 Å². The second-order valence-corrected chi connectivity index (χ2v) is 7.98.